The summed E-state index contributed by atoms with van der Waals surface area (Å²) in [6.45, 7) is 0. The maximum absolute atomic E-state index is 13.8. The third-order valence-corrected chi connectivity index (χ3v) is 5.40. The molecule has 0 bridgehead atoms. The molecule has 0 saturated heterocycles. The van der Waals surface area contributed by atoms with Crippen molar-refractivity contribution >= 4 is 17.5 Å². The smallest absolute Gasteiger partial charge is 0.284 e. The van der Waals surface area contributed by atoms with Crippen molar-refractivity contribution in [2.24, 2.45) is 0 Å². The second-order valence-corrected chi connectivity index (χ2v) is 7.66. The van der Waals surface area contributed by atoms with E-state index in [2.05, 4.69) is 10.4 Å². The molecule has 1 amide bonds. The van der Waals surface area contributed by atoms with Gasteiger partial charge in [0.2, 0.25) is 0 Å². The van der Waals surface area contributed by atoms with Crippen molar-refractivity contribution in [2.75, 3.05) is 0 Å². The zero-order chi connectivity index (χ0) is 21.3. The van der Waals surface area contributed by atoms with Crippen molar-refractivity contribution < 1.29 is 14.3 Å². The molecule has 1 fully saturated rings. The van der Waals surface area contributed by atoms with Gasteiger partial charge in [-0.2, -0.15) is 9.78 Å². The lowest BCUT2D eigenvalue weighted by Gasteiger charge is -2.17. The lowest BCUT2D eigenvalue weighted by molar-refractivity contribution is 0.0871. The van der Waals surface area contributed by atoms with Gasteiger partial charge in [0.1, 0.15) is 11.4 Å². The summed E-state index contributed by atoms with van der Waals surface area (Å²) < 4.78 is 14.8. The second kappa shape index (κ2) is 8.38. The van der Waals surface area contributed by atoms with E-state index in [1.54, 1.807) is 24.3 Å². The number of amides is 1. The first-order chi connectivity index (χ1) is 14.4. The molecule has 2 aromatic carbocycles. The molecular weight excluding hydrogens is 409 g/mol. The Morgan fingerprint density at radius 1 is 1.17 bits per heavy atom. The maximum atomic E-state index is 13.8. The van der Waals surface area contributed by atoms with Crippen LogP contribution in [0.4, 0.5) is 4.39 Å². The fraction of sp³-hybridized carbons (Fsp3) is 0.227. The van der Waals surface area contributed by atoms with E-state index in [-0.39, 0.29) is 11.3 Å². The summed E-state index contributed by atoms with van der Waals surface area (Å²) in [5.41, 5.74) is 0.375. The van der Waals surface area contributed by atoms with Gasteiger partial charge in [-0.3, -0.25) is 9.59 Å². The molecule has 0 unspecified atom stereocenters. The van der Waals surface area contributed by atoms with Crippen LogP contribution >= 0.6 is 11.6 Å². The summed E-state index contributed by atoms with van der Waals surface area (Å²) in [5.74, 6) is -1.13. The Morgan fingerprint density at radius 2 is 1.93 bits per heavy atom. The number of hydrogen-bond acceptors (Lipinski definition) is 4. The van der Waals surface area contributed by atoms with Gasteiger partial charge in [-0.1, -0.05) is 29.8 Å². The van der Waals surface area contributed by atoms with Crippen LogP contribution in [0.3, 0.4) is 0 Å². The Labute approximate surface area is 176 Å². The Morgan fingerprint density at radius 3 is 2.60 bits per heavy atom. The molecular formula is C22H19ClFN3O3. The Kier molecular flexibility index (Phi) is 5.65. The minimum Gasteiger partial charge on any atom is -0.391 e. The molecule has 1 heterocycles. The van der Waals surface area contributed by atoms with Crippen LogP contribution in [0, 0.1) is 5.82 Å². The van der Waals surface area contributed by atoms with Crippen LogP contribution < -0.4 is 10.9 Å². The Balaban J connectivity index is 1.82. The van der Waals surface area contributed by atoms with Crippen molar-refractivity contribution in [1.82, 2.24) is 15.1 Å². The number of hydrogen-bond donors (Lipinski definition) is 2. The molecule has 1 aromatic heterocycles. The largest absolute Gasteiger partial charge is 0.391 e. The van der Waals surface area contributed by atoms with Gasteiger partial charge in [-0.05, 0) is 55.7 Å². The average Bonchev–Trinajstić information content (AvgIpc) is 3.13. The molecule has 2 N–H and O–H groups in total. The standard InChI is InChI=1S/C22H19ClFN3O3/c23-14-9-7-13(8-10-14)19-12-17(21(29)25-18-5-2-6-20(18)28)22(30)27(26-19)16-4-1-3-15(24)11-16/h1,3-4,7-12,18,20,28H,2,5-6H2,(H,25,29)/t18-,20+/m0/s1. The molecule has 6 nitrogen and oxygen atoms in total. The summed E-state index contributed by atoms with van der Waals surface area (Å²) >= 11 is 5.95. The topological polar surface area (TPSA) is 84.2 Å². The summed E-state index contributed by atoms with van der Waals surface area (Å²) in [6.07, 6.45) is 1.40. The number of aromatic nitrogens is 2. The van der Waals surface area contributed by atoms with Crippen molar-refractivity contribution in [1.29, 1.82) is 0 Å². The monoisotopic (exact) mass is 427 g/mol. The summed E-state index contributed by atoms with van der Waals surface area (Å²) in [6, 6.07) is 13.2. The van der Waals surface area contributed by atoms with E-state index in [1.807, 2.05) is 0 Å². The van der Waals surface area contributed by atoms with Gasteiger partial charge in [-0.25, -0.2) is 4.39 Å². The lowest BCUT2D eigenvalue weighted by Crippen LogP contribution is -2.42. The molecule has 1 aliphatic rings. The fourth-order valence-corrected chi connectivity index (χ4v) is 3.68. The molecule has 30 heavy (non-hydrogen) atoms. The van der Waals surface area contributed by atoms with Crippen LogP contribution in [-0.2, 0) is 0 Å². The number of rotatable bonds is 4. The average molecular weight is 428 g/mol. The van der Waals surface area contributed by atoms with Gasteiger partial charge in [0.25, 0.3) is 11.5 Å². The van der Waals surface area contributed by atoms with Gasteiger partial charge in [0.15, 0.2) is 0 Å². The first kappa shape index (κ1) is 20.3. The first-order valence-electron chi connectivity index (χ1n) is 9.57. The van der Waals surface area contributed by atoms with Gasteiger partial charge < -0.3 is 10.4 Å². The predicted molar refractivity (Wildman–Crippen MR) is 111 cm³/mol. The zero-order valence-electron chi connectivity index (χ0n) is 15.9. The van der Waals surface area contributed by atoms with Crippen LogP contribution in [0.1, 0.15) is 29.6 Å². The van der Waals surface area contributed by atoms with Crippen LogP contribution in [0.2, 0.25) is 5.02 Å². The van der Waals surface area contributed by atoms with Gasteiger partial charge in [0, 0.05) is 10.6 Å². The van der Waals surface area contributed by atoms with E-state index in [0.717, 1.165) is 11.1 Å². The van der Waals surface area contributed by atoms with Crippen molar-refractivity contribution in [3.8, 4) is 16.9 Å². The van der Waals surface area contributed by atoms with E-state index >= 15 is 0 Å². The van der Waals surface area contributed by atoms with Crippen LogP contribution in [-0.4, -0.2) is 32.9 Å². The molecule has 2 atom stereocenters. The Bertz CT molecular complexity index is 1150. The number of carbonyl (C=O) groups is 1. The van der Waals surface area contributed by atoms with Gasteiger partial charge in [0.05, 0.1) is 23.5 Å². The highest BCUT2D eigenvalue weighted by Gasteiger charge is 2.28. The quantitative estimate of drug-likeness (QED) is 0.669. The molecule has 0 radical (unpaired) electrons. The summed E-state index contributed by atoms with van der Waals surface area (Å²) in [7, 11) is 0. The van der Waals surface area contributed by atoms with Crippen LogP contribution in [0.25, 0.3) is 16.9 Å². The second-order valence-electron chi connectivity index (χ2n) is 7.23. The summed E-state index contributed by atoms with van der Waals surface area (Å²) in [5, 5.41) is 17.6. The minimum absolute atomic E-state index is 0.140. The predicted octanol–water partition coefficient (Wildman–Crippen LogP) is 3.34. The minimum atomic E-state index is -0.677. The highest BCUT2D eigenvalue weighted by atomic mass is 35.5. The molecule has 154 valence electrons. The highest BCUT2D eigenvalue weighted by Crippen LogP contribution is 2.22. The van der Waals surface area contributed by atoms with Crippen molar-refractivity contribution in [3.05, 3.63) is 81.4 Å². The maximum Gasteiger partial charge on any atom is 0.284 e. The van der Waals surface area contributed by atoms with Gasteiger partial charge in [-0.15, -0.1) is 0 Å². The van der Waals surface area contributed by atoms with E-state index in [4.69, 9.17) is 11.6 Å². The lowest BCUT2D eigenvalue weighted by atomic mass is 10.1. The molecule has 8 heteroatoms. The van der Waals surface area contributed by atoms with E-state index in [9.17, 15) is 19.1 Å². The number of benzene rings is 2. The van der Waals surface area contributed by atoms with E-state index in [0.29, 0.717) is 29.1 Å². The molecule has 0 spiro atoms. The van der Waals surface area contributed by atoms with E-state index in [1.165, 1.54) is 30.3 Å². The third-order valence-electron chi connectivity index (χ3n) is 5.14. The molecule has 3 aromatic rings. The third kappa shape index (κ3) is 4.13. The Hall–Kier alpha value is -3.03. The first-order valence-corrected chi connectivity index (χ1v) is 9.95. The zero-order valence-corrected chi connectivity index (χ0v) is 16.6. The van der Waals surface area contributed by atoms with Gasteiger partial charge >= 0.3 is 0 Å². The molecule has 4 rings (SSSR count). The molecule has 1 saturated carbocycles. The van der Waals surface area contributed by atoms with Crippen molar-refractivity contribution in [2.45, 2.75) is 31.4 Å². The number of halogens is 2. The normalized spacial score (nSPS) is 18.4. The number of carbonyl (C=O) groups excluding carboxylic acids is 1. The number of nitrogens with one attached hydrogen (secondary N) is 1. The number of aliphatic hydroxyl groups is 1. The van der Waals surface area contributed by atoms with Crippen LogP contribution in [0.5, 0.6) is 0 Å². The molecule has 0 aliphatic heterocycles. The number of nitrogens with zero attached hydrogens (tertiary/aromatic N) is 2. The fourth-order valence-electron chi connectivity index (χ4n) is 3.56. The highest BCUT2D eigenvalue weighted by molar-refractivity contribution is 6.30. The SMILES string of the molecule is O=C(N[C@H]1CCC[C@H]1O)c1cc(-c2ccc(Cl)cc2)nn(-c2cccc(F)c2)c1=O. The van der Waals surface area contributed by atoms with Crippen molar-refractivity contribution in [3.63, 3.8) is 0 Å². The molecule has 1 aliphatic carbocycles. The van der Waals surface area contributed by atoms with Crippen LogP contribution in [0.15, 0.2) is 59.4 Å². The summed E-state index contributed by atoms with van der Waals surface area (Å²) in [4.78, 5) is 25.9. The number of aliphatic hydroxyl groups excluding tert-OH is 1. The van der Waals surface area contributed by atoms with E-state index < -0.39 is 29.4 Å².